The van der Waals surface area contributed by atoms with Gasteiger partial charge in [0.15, 0.2) is 0 Å². The number of hydrogen-bond donors (Lipinski definition) is 4. The Balaban J connectivity index is 1.76. The van der Waals surface area contributed by atoms with Gasteiger partial charge in [-0.25, -0.2) is 9.69 Å². The Labute approximate surface area is 243 Å². The quantitative estimate of drug-likeness (QED) is 0.158. The molecule has 4 rings (SSSR count). The fourth-order valence-electron chi connectivity index (χ4n) is 5.20. The third-order valence-electron chi connectivity index (χ3n) is 7.51. The third kappa shape index (κ3) is 6.84. The standard InChI is InChI=1S/C30H36N6O6/c1-19-8-7-17-34(19)30(41)33-27(25(37)16-13-20-9-3-2-4-10-20)35(28(39)22(31)18-26(32)38)29(40)24-15-14-21-11-5-6-12-23(21)36(24)42/h2-6,9-12,14-15,19,22,25,27,37H,7-8,13,16-18,31H2,1H3,(H2,32,38)(H,33,41)/t19?,22-,25+,27?/m0/s1. The van der Waals surface area contributed by atoms with E-state index in [1.807, 2.05) is 37.3 Å². The summed E-state index contributed by atoms with van der Waals surface area (Å²) in [6.45, 7) is 2.33. The molecule has 1 aromatic heterocycles. The predicted molar refractivity (Wildman–Crippen MR) is 154 cm³/mol. The first-order chi connectivity index (χ1) is 20.1. The second-order valence-electron chi connectivity index (χ2n) is 10.5. The van der Waals surface area contributed by atoms with Gasteiger partial charge in [0, 0.05) is 30.1 Å². The van der Waals surface area contributed by atoms with Crippen molar-refractivity contribution < 1.29 is 29.0 Å². The number of nitrogens with two attached hydrogens (primary N) is 2. The summed E-state index contributed by atoms with van der Waals surface area (Å²) in [5, 5.41) is 28.0. The molecule has 2 heterocycles. The summed E-state index contributed by atoms with van der Waals surface area (Å²) in [4.78, 5) is 55.0. The maximum absolute atomic E-state index is 14.1. The van der Waals surface area contributed by atoms with Crippen molar-refractivity contribution in [2.45, 2.75) is 63.4 Å². The summed E-state index contributed by atoms with van der Waals surface area (Å²) < 4.78 is 0.384. The van der Waals surface area contributed by atoms with Gasteiger partial charge in [-0.3, -0.25) is 14.4 Å². The fraction of sp³-hybridized carbons (Fsp3) is 0.367. The number of aromatic nitrogens is 1. The molecule has 1 aliphatic heterocycles. The number of fused-ring (bicyclic) bond motifs is 1. The highest BCUT2D eigenvalue weighted by molar-refractivity contribution is 6.06. The lowest BCUT2D eigenvalue weighted by molar-refractivity contribution is -0.579. The van der Waals surface area contributed by atoms with E-state index in [-0.39, 0.29) is 18.0 Å². The zero-order valence-corrected chi connectivity index (χ0v) is 23.4. The molecule has 2 unspecified atom stereocenters. The predicted octanol–water partition coefficient (Wildman–Crippen LogP) is 1.16. The smallest absolute Gasteiger partial charge is 0.328 e. The maximum atomic E-state index is 14.1. The van der Waals surface area contributed by atoms with Gasteiger partial charge in [-0.2, -0.15) is 4.73 Å². The molecule has 222 valence electrons. The Hall–Kier alpha value is -4.55. The van der Waals surface area contributed by atoms with Crippen LogP contribution in [0.1, 0.15) is 48.7 Å². The highest BCUT2D eigenvalue weighted by Crippen LogP contribution is 2.20. The summed E-state index contributed by atoms with van der Waals surface area (Å²) in [7, 11) is 0. The normalized spacial score (nSPS) is 16.9. The van der Waals surface area contributed by atoms with E-state index in [4.69, 9.17) is 11.5 Å². The van der Waals surface area contributed by atoms with Crippen LogP contribution in [0.15, 0.2) is 66.7 Å². The minimum Gasteiger partial charge on any atom is -0.618 e. The van der Waals surface area contributed by atoms with Crippen molar-refractivity contribution in [3.05, 3.63) is 83.2 Å². The maximum Gasteiger partial charge on any atom is 0.328 e. The zero-order valence-electron chi connectivity index (χ0n) is 23.4. The van der Waals surface area contributed by atoms with Gasteiger partial charge in [0.05, 0.1) is 18.6 Å². The molecule has 5 amide bonds. The minimum absolute atomic E-state index is 0.0434. The van der Waals surface area contributed by atoms with Gasteiger partial charge in [0.2, 0.25) is 17.3 Å². The van der Waals surface area contributed by atoms with Gasteiger partial charge in [0.25, 0.3) is 5.69 Å². The van der Waals surface area contributed by atoms with Crippen LogP contribution >= 0.6 is 0 Å². The number of nitrogens with one attached hydrogen (secondary N) is 1. The molecule has 1 saturated heterocycles. The summed E-state index contributed by atoms with van der Waals surface area (Å²) >= 11 is 0. The Bertz CT molecular complexity index is 1450. The number of nitrogens with zero attached hydrogens (tertiary/aromatic N) is 3. The largest absolute Gasteiger partial charge is 0.618 e. The number of aryl methyl sites for hydroxylation is 1. The first-order valence-electron chi connectivity index (χ1n) is 13.9. The van der Waals surface area contributed by atoms with Gasteiger partial charge >= 0.3 is 11.9 Å². The van der Waals surface area contributed by atoms with E-state index in [9.17, 15) is 29.5 Å². The second kappa shape index (κ2) is 13.4. The summed E-state index contributed by atoms with van der Waals surface area (Å²) in [6, 6.07) is 16.4. The van der Waals surface area contributed by atoms with Crippen molar-refractivity contribution in [3.8, 4) is 0 Å². The van der Waals surface area contributed by atoms with E-state index in [2.05, 4.69) is 5.32 Å². The Kier molecular flexibility index (Phi) is 9.71. The zero-order chi connectivity index (χ0) is 30.4. The number of pyridine rings is 1. The van der Waals surface area contributed by atoms with Crippen molar-refractivity contribution >= 4 is 34.7 Å². The number of aliphatic hydroxyl groups is 1. The molecule has 1 aliphatic rings. The molecule has 0 spiro atoms. The van der Waals surface area contributed by atoms with E-state index in [1.54, 1.807) is 29.2 Å². The second-order valence-corrected chi connectivity index (χ2v) is 10.5. The molecule has 3 aromatic rings. The van der Waals surface area contributed by atoms with Gasteiger partial charge < -0.3 is 32.0 Å². The molecule has 1 fully saturated rings. The Morgan fingerprint density at radius 1 is 1.10 bits per heavy atom. The lowest BCUT2D eigenvalue weighted by Gasteiger charge is -2.36. The summed E-state index contributed by atoms with van der Waals surface area (Å²) in [5.41, 5.74) is 11.9. The van der Waals surface area contributed by atoms with Crippen LogP contribution in [0.3, 0.4) is 0 Å². The number of imide groups is 1. The molecular weight excluding hydrogens is 540 g/mol. The molecule has 0 bridgehead atoms. The number of hydrogen-bond acceptors (Lipinski definition) is 7. The van der Waals surface area contributed by atoms with Crippen LogP contribution in [0, 0.1) is 5.21 Å². The molecule has 12 heteroatoms. The Morgan fingerprint density at radius 3 is 2.45 bits per heavy atom. The van der Waals surface area contributed by atoms with E-state index >= 15 is 0 Å². The highest BCUT2D eigenvalue weighted by atomic mass is 16.5. The van der Waals surface area contributed by atoms with Gasteiger partial charge in [0.1, 0.15) is 6.17 Å². The van der Waals surface area contributed by atoms with Crippen LogP contribution in [0.5, 0.6) is 0 Å². The topological polar surface area (TPSA) is 186 Å². The number of rotatable bonds is 10. The van der Waals surface area contributed by atoms with Gasteiger partial charge in [-0.15, -0.1) is 0 Å². The van der Waals surface area contributed by atoms with Crippen molar-refractivity contribution in [3.63, 3.8) is 0 Å². The first-order valence-corrected chi connectivity index (χ1v) is 13.9. The molecule has 0 radical (unpaired) electrons. The molecule has 0 saturated carbocycles. The number of urea groups is 1. The van der Waals surface area contributed by atoms with Gasteiger partial charge in [-0.1, -0.05) is 42.5 Å². The van der Waals surface area contributed by atoms with Crippen LogP contribution in [0.4, 0.5) is 4.79 Å². The van der Waals surface area contributed by atoms with Crippen LogP contribution in [-0.4, -0.2) is 69.6 Å². The van der Waals surface area contributed by atoms with E-state index in [1.165, 1.54) is 12.1 Å². The Morgan fingerprint density at radius 2 is 1.79 bits per heavy atom. The molecule has 2 aromatic carbocycles. The highest BCUT2D eigenvalue weighted by Gasteiger charge is 2.42. The molecular formula is C30H36N6O6. The average Bonchev–Trinajstić information content (AvgIpc) is 3.41. The van der Waals surface area contributed by atoms with Crippen LogP contribution in [0.2, 0.25) is 0 Å². The van der Waals surface area contributed by atoms with Crippen LogP contribution in [-0.2, 0) is 16.0 Å². The average molecular weight is 577 g/mol. The molecule has 4 atom stereocenters. The van der Waals surface area contributed by atoms with Gasteiger partial charge in [-0.05, 0) is 50.3 Å². The van der Waals surface area contributed by atoms with Crippen molar-refractivity contribution in [2.75, 3.05) is 6.54 Å². The van der Waals surface area contributed by atoms with Crippen LogP contribution < -0.4 is 21.5 Å². The summed E-state index contributed by atoms with van der Waals surface area (Å²) in [5.74, 6) is -3.06. The number of para-hydroxylation sites is 1. The van der Waals surface area contributed by atoms with E-state index in [0.717, 1.165) is 18.4 Å². The number of amides is 5. The lowest BCUT2D eigenvalue weighted by Crippen LogP contribution is -2.64. The molecule has 0 aliphatic carbocycles. The molecule has 6 N–H and O–H groups in total. The number of likely N-dealkylation sites (tertiary alicyclic amines) is 1. The van der Waals surface area contributed by atoms with E-state index in [0.29, 0.717) is 28.0 Å². The number of carbonyl (C=O) groups excluding carboxylic acids is 4. The van der Waals surface area contributed by atoms with E-state index < -0.39 is 54.2 Å². The third-order valence-corrected chi connectivity index (χ3v) is 7.51. The monoisotopic (exact) mass is 576 g/mol. The minimum atomic E-state index is -1.61. The van der Waals surface area contributed by atoms with Crippen LogP contribution in [0.25, 0.3) is 10.9 Å². The SMILES string of the molecule is CC1CCCN1C(=O)NC([C@H](O)CCc1ccccc1)N(C(=O)c1ccc2ccccc2[n+]1[O-])C(=O)[C@@H](N)CC(N)=O. The fourth-order valence-corrected chi connectivity index (χ4v) is 5.20. The molecule has 12 nitrogen and oxygen atoms in total. The summed E-state index contributed by atoms with van der Waals surface area (Å²) in [6.07, 6.45) is -1.72. The van der Waals surface area contributed by atoms with Crippen molar-refractivity contribution in [1.82, 2.24) is 15.1 Å². The molecule has 42 heavy (non-hydrogen) atoms. The van der Waals surface area contributed by atoms with Crippen molar-refractivity contribution in [1.29, 1.82) is 0 Å². The number of primary amides is 1. The number of carbonyl (C=O) groups is 4. The van der Waals surface area contributed by atoms with Crippen molar-refractivity contribution in [2.24, 2.45) is 11.5 Å². The first kappa shape index (κ1) is 30.4. The lowest BCUT2D eigenvalue weighted by atomic mass is 10.0. The number of aliphatic hydroxyl groups excluding tert-OH is 1. The number of benzene rings is 2.